The summed E-state index contributed by atoms with van der Waals surface area (Å²) in [6.45, 7) is 0.482. The summed E-state index contributed by atoms with van der Waals surface area (Å²) in [6, 6.07) is 6.80. The van der Waals surface area contributed by atoms with Gasteiger partial charge in [-0.05, 0) is 23.8 Å². The lowest BCUT2D eigenvalue weighted by Crippen LogP contribution is -2.00. The molecule has 0 aliphatic heterocycles. The molecule has 0 spiro atoms. The maximum absolute atomic E-state index is 12.9. The van der Waals surface area contributed by atoms with Gasteiger partial charge < -0.3 is 10.1 Å². The van der Waals surface area contributed by atoms with Crippen molar-refractivity contribution in [1.82, 2.24) is 4.98 Å². The fourth-order valence-corrected chi connectivity index (χ4v) is 1.72. The number of nitrogens with zero attached hydrogens (tertiary/aromatic N) is 1. The summed E-state index contributed by atoms with van der Waals surface area (Å²) in [5, 5.41) is 3.70. The Kier molecular flexibility index (Phi) is 3.99. The molecule has 0 amide bonds. The zero-order chi connectivity index (χ0) is 13.0. The van der Waals surface area contributed by atoms with Crippen LogP contribution in [0.1, 0.15) is 5.56 Å². The molecule has 0 fully saturated rings. The van der Waals surface area contributed by atoms with Gasteiger partial charge in [-0.25, -0.2) is 4.39 Å². The molecule has 5 heteroatoms. The molecule has 1 aromatic carbocycles. The highest BCUT2D eigenvalue weighted by Gasteiger charge is 2.02. The van der Waals surface area contributed by atoms with Gasteiger partial charge in [0.25, 0.3) is 0 Å². The molecule has 0 atom stereocenters. The number of pyridine rings is 1. The molecule has 1 N–H and O–H groups in total. The fourth-order valence-electron chi connectivity index (χ4n) is 1.53. The first-order chi connectivity index (χ1) is 8.69. The van der Waals surface area contributed by atoms with Gasteiger partial charge in [-0.3, -0.25) is 4.98 Å². The molecule has 0 aliphatic carbocycles. The van der Waals surface area contributed by atoms with Crippen molar-refractivity contribution in [1.29, 1.82) is 0 Å². The molecule has 2 rings (SSSR count). The van der Waals surface area contributed by atoms with Crippen molar-refractivity contribution in [3.8, 4) is 5.75 Å². The second-order valence-electron chi connectivity index (χ2n) is 3.71. The van der Waals surface area contributed by atoms with Crippen LogP contribution in [0.2, 0.25) is 5.02 Å². The first-order valence-corrected chi connectivity index (χ1v) is 5.73. The molecule has 18 heavy (non-hydrogen) atoms. The molecule has 0 saturated heterocycles. The number of rotatable bonds is 4. The van der Waals surface area contributed by atoms with Crippen LogP contribution in [0.25, 0.3) is 0 Å². The van der Waals surface area contributed by atoms with Gasteiger partial charge in [0.2, 0.25) is 0 Å². The molecule has 0 bridgehead atoms. The smallest absolute Gasteiger partial charge is 0.141 e. The van der Waals surface area contributed by atoms with Crippen LogP contribution in [-0.4, -0.2) is 12.1 Å². The average Bonchev–Trinajstić information content (AvgIpc) is 2.38. The van der Waals surface area contributed by atoms with E-state index < -0.39 is 0 Å². The van der Waals surface area contributed by atoms with Crippen LogP contribution in [0.4, 0.5) is 10.1 Å². The van der Waals surface area contributed by atoms with Crippen LogP contribution < -0.4 is 10.1 Å². The molecule has 1 heterocycles. The Balaban J connectivity index is 2.06. The van der Waals surface area contributed by atoms with Crippen molar-refractivity contribution in [3.63, 3.8) is 0 Å². The topological polar surface area (TPSA) is 34.1 Å². The maximum atomic E-state index is 12.9. The van der Waals surface area contributed by atoms with E-state index in [1.54, 1.807) is 25.4 Å². The Hall–Kier alpha value is -1.81. The van der Waals surface area contributed by atoms with Crippen molar-refractivity contribution >= 4 is 17.3 Å². The minimum Gasteiger partial charge on any atom is -0.495 e. The largest absolute Gasteiger partial charge is 0.495 e. The Morgan fingerprint density at radius 2 is 2.17 bits per heavy atom. The Bertz CT molecular complexity index is 548. The molecule has 0 unspecified atom stereocenters. The van der Waals surface area contributed by atoms with Gasteiger partial charge in [-0.15, -0.1) is 0 Å². The predicted molar refractivity (Wildman–Crippen MR) is 69.5 cm³/mol. The van der Waals surface area contributed by atoms with E-state index in [1.165, 1.54) is 12.3 Å². The Labute approximate surface area is 110 Å². The van der Waals surface area contributed by atoms with Gasteiger partial charge in [-0.2, -0.15) is 0 Å². The van der Waals surface area contributed by atoms with Gasteiger partial charge in [-0.1, -0.05) is 11.6 Å². The Morgan fingerprint density at radius 1 is 1.33 bits per heavy atom. The molecule has 0 saturated carbocycles. The lowest BCUT2D eigenvalue weighted by molar-refractivity contribution is 0.415. The quantitative estimate of drug-likeness (QED) is 0.920. The lowest BCUT2D eigenvalue weighted by Gasteiger charge is -2.09. The summed E-state index contributed by atoms with van der Waals surface area (Å²) in [6.07, 6.45) is 2.79. The molecule has 0 radical (unpaired) electrons. The fraction of sp³-hybridized carbons (Fsp3) is 0.154. The van der Waals surface area contributed by atoms with E-state index in [0.717, 1.165) is 11.3 Å². The van der Waals surface area contributed by atoms with Crippen LogP contribution in [0.5, 0.6) is 5.75 Å². The number of methoxy groups -OCH3 is 1. The number of halogens is 2. The minimum atomic E-state index is -0.344. The third-order valence-electron chi connectivity index (χ3n) is 2.41. The average molecular weight is 267 g/mol. The van der Waals surface area contributed by atoms with E-state index in [4.69, 9.17) is 16.3 Å². The van der Waals surface area contributed by atoms with Crippen molar-refractivity contribution in [2.24, 2.45) is 0 Å². The number of nitrogens with one attached hydrogen (secondary N) is 1. The zero-order valence-electron chi connectivity index (χ0n) is 9.78. The van der Waals surface area contributed by atoms with Crippen molar-refractivity contribution in [2.75, 3.05) is 12.4 Å². The normalized spacial score (nSPS) is 10.2. The number of benzene rings is 1. The standard InChI is InChI=1S/C13H12ClFN2O/c1-18-13-5-11(2-3-12(13)14)17-7-9-4-10(15)8-16-6-9/h2-6,8,17H,7H2,1H3. The van der Waals surface area contributed by atoms with E-state index in [1.807, 2.05) is 6.07 Å². The molecule has 94 valence electrons. The Morgan fingerprint density at radius 3 is 2.89 bits per heavy atom. The summed E-state index contributed by atoms with van der Waals surface area (Å²) in [5.41, 5.74) is 1.62. The van der Waals surface area contributed by atoms with Gasteiger partial charge in [0.05, 0.1) is 18.3 Å². The third kappa shape index (κ3) is 3.11. The van der Waals surface area contributed by atoms with Crippen LogP contribution >= 0.6 is 11.6 Å². The highest BCUT2D eigenvalue weighted by molar-refractivity contribution is 6.32. The summed E-state index contributed by atoms with van der Waals surface area (Å²) in [4.78, 5) is 3.78. The van der Waals surface area contributed by atoms with Crippen LogP contribution in [0, 0.1) is 5.82 Å². The number of hydrogen-bond acceptors (Lipinski definition) is 3. The minimum absolute atomic E-state index is 0.344. The van der Waals surface area contributed by atoms with Gasteiger partial charge in [0, 0.05) is 24.5 Å². The van der Waals surface area contributed by atoms with E-state index in [-0.39, 0.29) is 5.82 Å². The van der Waals surface area contributed by atoms with Crippen LogP contribution in [-0.2, 0) is 6.54 Å². The number of anilines is 1. The van der Waals surface area contributed by atoms with E-state index in [9.17, 15) is 4.39 Å². The highest BCUT2D eigenvalue weighted by Crippen LogP contribution is 2.27. The SMILES string of the molecule is COc1cc(NCc2cncc(F)c2)ccc1Cl. The maximum Gasteiger partial charge on any atom is 0.141 e. The first-order valence-electron chi connectivity index (χ1n) is 5.36. The molecule has 1 aromatic heterocycles. The summed E-state index contributed by atoms with van der Waals surface area (Å²) >= 11 is 5.92. The van der Waals surface area contributed by atoms with Gasteiger partial charge in [0.15, 0.2) is 0 Å². The predicted octanol–water partition coefficient (Wildman–Crippen LogP) is 3.49. The second-order valence-corrected chi connectivity index (χ2v) is 4.12. The second kappa shape index (κ2) is 5.69. The first kappa shape index (κ1) is 12.6. The molecular formula is C13H12ClFN2O. The lowest BCUT2D eigenvalue weighted by atomic mass is 10.2. The van der Waals surface area contributed by atoms with Crippen LogP contribution in [0.3, 0.4) is 0 Å². The van der Waals surface area contributed by atoms with E-state index in [2.05, 4.69) is 10.3 Å². The van der Waals surface area contributed by atoms with Crippen LogP contribution in [0.15, 0.2) is 36.7 Å². The molecular weight excluding hydrogens is 255 g/mol. The summed E-state index contributed by atoms with van der Waals surface area (Å²) in [7, 11) is 1.56. The third-order valence-corrected chi connectivity index (χ3v) is 2.72. The highest BCUT2D eigenvalue weighted by atomic mass is 35.5. The van der Waals surface area contributed by atoms with Gasteiger partial charge >= 0.3 is 0 Å². The summed E-state index contributed by atoms with van der Waals surface area (Å²) in [5.74, 6) is 0.252. The molecule has 3 nitrogen and oxygen atoms in total. The summed E-state index contributed by atoms with van der Waals surface area (Å²) < 4.78 is 18.0. The number of hydrogen-bond donors (Lipinski definition) is 1. The van der Waals surface area contributed by atoms with Crippen molar-refractivity contribution in [2.45, 2.75) is 6.54 Å². The van der Waals surface area contributed by atoms with Crippen molar-refractivity contribution in [3.05, 3.63) is 53.1 Å². The van der Waals surface area contributed by atoms with E-state index in [0.29, 0.717) is 17.3 Å². The van der Waals surface area contributed by atoms with Crippen molar-refractivity contribution < 1.29 is 9.13 Å². The monoisotopic (exact) mass is 266 g/mol. The molecule has 2 aromatic rings. The number of aromatic nitrogens is 1. The zero-order valence-corrected chi connectivity index (χ0v) is 10.5. The number of ether oxygens (including phenoxy) is 1. The van der Waals surface area contributed by atoms with Gasteiger partial charge in [0.1, 0.15) is 11.6 Å². The molecule has 0 aliphatic rings. The van der Waals surface area contributed by atoms with E-state index >= 15 is 0 Å².